The molecule has 0 rings (SSSR count). The third-order valence-electron chi connectivity index (χ3n) is 11.5. The van der Waals surface area contributed by atoms with Gasteiger partial charge in [0.05, 0.1) is 42.7 Å². The maximum absolute atomic E-state index is 11.5. The Balaban J connectivity index is -0.000000302. The lowest BCUT2D eigenvalue weighted by Gasteiger charge is -2.27. The summed E-state index contributed by atoms with van der Waals surface area (Å²) in [6.07, 6.45) is 21.8. The summed E-state index contributed by atoms with van der Waals surface area (Å²) in [4.78, 5) is 79.4. The van der Waals surface area contributed by atoms with Gasteiger partial charge in [-0.25, -0.2) is 9.59 Å². The summed E-state index contributed by atoms with van der Waals surface area (Å²) < 4.78 is 35.7. The molecule has 0 aliphatic carbocycles. The summed E-state index contributed by atoms with van der Waals surface area (Å²) in [5.41, 5.74) is -1.44. The fourth-order valence-electron chi connectivity index (χ4n) is 5.17. The molecule has 0 aliphatic rings. The molecule has 0 atom stereocenters. The fraction of sp³-hybridized carbons (Fsp3) is 0.825. The molecule has 0 amide bonds. The van der Waals surface area contributed by atoms with Crippen LogP contribution < -0.4 is 0 Å². The van der Waals surface area contributed by atoms with Gasteiger partial charge in [-0.1, -0.05) is 85.3 Å². The molecule has 0 spiro atoms. The van der Waals surface area contributed by atoms with Crippen molar-refractivity contribution < 1.29 is 66.7 Å². The Labute approximate surface area is 491 Å². The zero-order valence-corrected chi connectivity index (χ0v) is 56.0. The molecule has 0 fully saturated rings. The van der Waals surface area contributed by atoms with Gasteiger partial charge in [-0.15, -0.1) is 0 Å². The highest BCUT2D eigenvalue weighted by Gasteiger charge is 2.32. The monoisotopic (exact) mass is 1160 g/mol. The highest BCUT2D eigenvalue weighted by molar-refractivity contribution is 7.98. The van der Waals surface area contributed by atoms with Crippen LogP contribution in [-0.2, 0) is 66.7 Å². The lowest BCUT2D eigenvalue weighted by atomic mass is 9.90. The third kappa shape index (κ3) is 58.9. The molecular weight excluding hydrogens is 1040 g/mol. The van der Waals surface area contributed by atoms with E-state index in [1.54, 1.807) is 25.6 Å². The quantitative estimate of drug-likeness (QED) is 0.0261. The average molecular weight is 1160 g/mol. The summed E-state index contributed by atoms with van der Waals surface area (Å²) in [5.74, 6) is 0.673. The van der Waals surface area contributed by atoms with Crippen LogP contribution in [0.1, 0.15) is 254 Å². The first-order valence-electron chi connectivity index (χ1n) is 28.9. The number of thioether (sulfide) groups is 2. The zero-order valence-electron chi connectivity index (χ0n) is 54.4. The number of rotatable bonds is 33. The second-order valence-electron chi connectivity index (χ2n) is 24.6. The Morgan fingerprint density at radius 2 is 0.595 bits per heavy atom. The number of esters is 7. The van der Waals surface area contributed by atoms with Gasteiger partial charge in [-0.3, -0.25) is 24.0 Å². The summed E-state index contributed by atoms with van der Waals surface area (Å²) >= 11 is 3.66. The largest absolute Gasteiger partial charge is 0.466 e. The molecule has 0 aromatic rings. The van der Waals surface area contributed by atoms with Crippen molar-refractivity contribution >= 4 is 65.3 Å². The molecule has 14 nitrogen and oxygen atoms in total. The molecule has 0 radical (unpaired) electrons. The van der Waals surface area contributed by atoms with E-state index in [0.717, 1.165) is 44.3 Å². The van der Waals surface area contributed by atoms with Crippen LogP contribution >= 0.6 is 23.5 Å². The van der Waals surface area contributed by atoms with Crippen molar-refractivity contribution in [1.29, 1.82) is 0 Å². The van der Waals surface area contributed by atoms with Gasteiger partial charge in [-0.2, -0.15) is 23.5 Å². The van der Waals surface area contributed by atoms with Gasteiger partial charge in [0.2, 0.25) is 0 Å². The Bertz CT molecular complexity index is 1600. The van der Waals surface area contributed by atoms with Gasteiger partial charge in [-0.05, 0) is 193 Å². The minimum atomic E-state index is -0.418. The Hall–Kier alpha value is -3.53. The Morgan fingerprint density at radius 1 is 0.354 bits per heavy atom. The molecule has 0 aromatic heterocycles. The molecule has 466 valence electrons. The summed E-state index contributed by atoms with van der Waals surface area (Å²) in [5, 5.41) is 0. The summed E-state index contributed by atoms with van der Waals surface area (Å²) in [6, 6.07) is 0. The molecule has 0 saturated heterocycles. The van der Waals surface area contributed by atoms with E-state index in [-0.39, 0.29) is 82.5 Å². The minimum absolute atomic E-state index is 0.113. The van der Waals surface area contributed by atoms with Crippen LogP contribution in [0.3, 0.4) is 0 Å². The predicted molar refractivity (Wildman–Crippen MR) is 329 cm³/mol. The molecule has 0 bridgehead atoms. The minimum Gasteiger partial charge on any atom is -0.466 e. The van der Waals surface area contributed by atoms with Crippen LogP contribution in [0.25, 0.3) is 0 Å². The van der Waals surface area contributed by atoms with E-state index in [9.17, 15) is 33.6 Å². The van der Waals surface area contributed by atoms with E-state index in [0.29, 0.717) is 43.6 Å². The third-order valence-corrected chi connectivity index (χ3v) is 12.9. The van der Waals surface area contributed by atoms with Crippen LogP contribution in [0.5, 0.6) is 0 Å². The van der Waals surface area contributed by atoms with E-state index >= 15 is 0 Å². The molecule has 0 unspecified atom stereocenters. The molecule has 0 saturated carbocycles. The first-order valence-corrected chi connectivity index (χ1v) is 31.7. The number of unbranched alkanes of at least 4 members (excludes halogenated alkanes) is 9. The van der Waals surface area contributed by atoms with Crippen molar-refractivity contribution in [2.24, 2.45) is 16.2 Å². The van der Waals surface area contributed by atoms with Gasteiger partial charge in [0.1, 0.15) is 16.8 Å². The smallest absolute Gasteiger partial charge is 0.333 e. The number of carbonyl (C=O) groups is 7. The first kappa shape index (κ1) is 84.3. The molecule has 0 heterocycles. The predicted octanol–water partition coefficient (Wildman–Crippen LogP) is 16.2. The molecule has 0 aliphatic heterocycles. The average Bonchev–Trinajstić information content (AvgIpc) is 3.33. The second kappa shape index (κ2) is 47.0. The molecular formula is C63H118O14S2. The van der Waals surface area contributed by atoms with Crippen LogP contribution in [0, 0.1) is 16.2 Å². The normalized spacial score (nSPS) is 11.4. The highest BCUT2D eigenvalue weighted by atomic mass is 32.2. The number of carbonyl (C=O) groups excluding carboxylic acids is 7. The van der Waals surface area contributed by atoms with E-state index in [2.05, 4.69) is 19.4 Å². The molecule has 16 heteroatoms. The van der Waals surface area contributed by atoms with Crippen molar-refractivity contribution in [2.45, 2.75) is 271 Å². The van der Waals surface area contributed by atoms with E-state index in [4.69, 9.17) is 33.2 Å². The lowest BCUT2D eigenvalue weighted by molar-refractivity contribution is -0.166. The van der Waals surface area contributed by atoms with Gasteiger partial charge >= 0.3 is 41.8 Å². The van der Waals surface area contributed by atoms with Crippen LogP contribution in [0.15, 0.2) is 24.3 Å². The number of hydrogen-bond acceptors (Lipinski definition) is 16. The Morgan fingerprint density at radius 3 is 0.848 bits per heavy atom. The standard InChI is InChI=1S/C21H38O4S.C12H20O4S.3C10H20O2/c1-19(2)21(23)25-17-14-15-20(22)24-16-12-10-8-6-4-5-7-9-11-13-18-26-3;1-10(2)12(14)16-7-4-6-11(13)15-8-5-9-17-3;3*1-7-10(5,6)8(11)12-9(2,3)4/h1,4-18H2,2-3H3;1,4-9H2,2-3H3;3*7H2,1-6H3. The van der Waals surface area contributed by atoms with Crippen molar-refractivity contribution in [3.05, 3.63) is 24.3 Å². The van der Waals surface area contributed by atoms with E-state index in [1.807, 2.05) is 143 Å². The van der Waals surface area contributed by atoms with Crippen LogP contribution in [-0.4, -0.2) is 109 Å². The topological polar surface area (TPSA) is 184 Å². The maximum Gasteiger partial charge on any atom is 0.333 e. The van der Waals surface area contributed by atoms with Crippen molar-refractivity contribution in [1.82, 2.24) is 0 Å². The van der Waals surface area contributed by atoms with Gasteiger partial charge in [0.15, 0.2) is 0 Å². The van der Waals surface area contributed by atoms with Gasteiger partial charge in [0, 0.05) is 24.0 Å². The SMILES string of the molecule is C=C(C)C(=O)OCCCC(=O)OCCCCCCCCCCCCSC.C=C(C)C(=O)OCCCC(=O)OCCCSC.CCC(C)(C)C(=O)OC(C)(C)C.CCC(C)(C)C(=O)OC(C)(C)C.CCC(C)(C)C(=O)OC(C)(C)C. The molecule has 0 aromatic carbocycles. The van der Waals surface area contributed by atoms with E-state index < -0.39 is 11.9 Å². The maximum atomic E-state index is 11.5. The summed E-state index contributed by atoms with van der Waals surface area (Å²) in [6.45, 7) is 45.9. The molecule has 79 heavy (non-hydrogen) atoms. The lowest BCUT2D eigenvalue weighted by Crippen LogP contribution is -2.33. The second-order valence-corrected chi connectivity index (χ2v) is 26.5. The van der Waals surface area contributed by atoms with Crippen LogP contribution in [0.4, 0.5) is 0 Å². The fourth-order valence-corrected chi connectivity index (χ4v) is 6.07. The van der Waals surface area contributed by atoms with E-state index in [1.165, 1.54) is 57.1 Å². The van der Waals surface area contributed by atoms with Crippen molar-refractivity contribution in [2.75, 3.05) is 50.4 Å². The summed E-state index contributed by atoms with van der Waals surface area (Å²) in [7, 11) is 0. The Kier molecular flexibility index (Phi) is 50.2. The number of hydrogen-bond donors (Lipinski definition) is 0. The van der Waals surface area contributed by atoms with Gasteiger partial charge < -0.3 is 33.2 Å². The zero-order chi connectivity index (χ0) is 62.5. The van der Waals surface area contributed by atoms with Gasteiger partial charge in [0.25, 0.3) is 0 Å². The number of ether oxygens (including phenoxy) is 7. The van der Waals surface area contributed by atoms with Crippen molar-refractivity contribution in [3.63, 3.8) is 0 Å². The first-order chi connectivity index (χ1) is 36.2. The highest BCUT2D eigenvalue weighted by Crippen LogP contribution is 2.26. The molecule has 0 N–H and O–H groups in total. The van der Waals surface area contributed by atoms with Crippen molar-refractivity contribution in [3.8, 4) is 0 Å². The van der Waals surface area contributed by atoms with Crippen LogP contribution in [0.2, 0.25) is 0 Å².